The first kappa shape index (κ1) is 13.1. The van der Waals surface area contributed by atoms with Crippen LogP contribution in [0.15, 0.2) is 28.8 Å². The van der Waals surface area contributed by atoms with Crippen LogP contribution in [-0.2, 0) is 4.74 Å². The highest BCUT2D eigenvalue weighted by Crippen LogP contribution is 2.28. The number of nitrogens with zero attached hydrogens (tertiary/aromatic N) is 2. The van der Waals surface area contributed by atoms with E-state index in [9.17, 15) is 4.79 Å². The number of ether oxygens (including phenoxy) is 1. The molecule has 1 aromatic carbocycles. The number of aromatic nitrogens is 2. The number of carboxylic acid groups (broad SMARTS) is 1. The van der Waals surface area contributed by atoms with Gasteiger partial charge in [-0.3, -0.25) is 0 Å². The smallest absolute Gasteiger partial charge is 0.336 e. The van der Waals surface area contributed by atoms with E-state index in [1.54, 1.807) is 30.0 Å². The molecule has 1 aromatic heterocycles. The molecular weight excluding hydrogens is 280 g/mol. The minimum atomic E-state index is -1.02. The van der Waals surface area contributed by atoms with Gasteiger partial charge in [-0.15, -0.1) is 0 Å². The summed E-state index contributed by atoms with van der Waals surface area (Å²) < 4.78 is 10.7. The van der Waals surface area contributed by atoms with Gasteiger partial charge in [-0.05, 0) is 12.1 Å². The van der Waals surface area contributed by atoms with Crippen molar-refractivity contribution < 1.29 is 19.2 Å². The highest BCUT2D eigenvalue weighted by molar-refractivity contribution is 7.99. The number of hydrogen-bond acceptors (Lipinski definition) is 6. The SMILES string of the molecule is O=C(O)c1ccccc1-c1nc(C2CSCCO2)no1. The molecule has 0 bridgehead atoms. The second-order valence-corrected chi connectivity index (χ2v) is 5.39. The maximum atomic E-state index is 11.2. The minimum absolute atomic E-state index is 0.140. The van der Waals surface area contributed by atoms with Gasteiger partial charge in [0.2, 0.25) is 5.82 Å². The zero-order chi connectivity index (χ0) is 13.9. The Morgan fingerprint density at radius 1 is 1.40 bits per heavy atom. The summed E-state index contributed by atoms with van der Waals surface area (Å²) in [5, 5.41) is 13.1. The lowest BCUT2D eigenvalue weighted by molar-refractivity contribution is 0.0676. The summed E-state index contributed by atoms with van der Waals surface area (Å²) in [6.07, 6.45) is -0.191. The third kappa shape index (κ3) is 2.54. The van der Waals surface area contributed by atoms with Crippen molar-refractivity contribution in [2.24, 2.45) is 0 Å². The van der Waals surface area contributed by atoms with E-state index in [4.69, 9.17) is 14.4 Å². The zero-order valence-corrected chi connectivity index (χ0v) is 11.3. The van der Waals surface area contributed by atoms with Gasteiger partial charge in [-0.25, -0.2) is 4.79 Å². The first-order chi connectivity index (χ1) is 9.75. The Bertz CT molecular complexity index is 622. The normalized spacial score (nSPS) is 18.9. The Hall–Kier alpha value is -1.86. The van der Waals surface area contributed by atoms with Crippen molar-refractivity contribution in [3.05, 3.63) is 35.7 Å². The molecule has 1 atom stereocenters. The van der Waals surface area contributed by atoms with Gasteiger partial charge in [0.15, 0.2) is 0 Å². The predicted molar refractivity (Wildman–Crippen MR) is 72.7 cm³/mol. The second-order valence-electron chi connectivity index (χ2n) is 4.24. The van der Waals surface area contributed by atoms with E-state index < -0.39 is 5.97 Å². The number of thioether (sulfide) groups is 1. The fraction of sp³-hybridized carbons (Fsp3) is 0.308. The van der Waals surface area contributed by atoms with E-state index in [0.29, 0.717) is 18.0 Å². The van der Waals surface area contributed by atoms with Crippen LogP contribution in [0.5, 0.6) is 0 Å². The molecule has 1 aliphatic rings. The van der Waals surface area contributed by atoms with Crippen LogP contribution >= 0.6 is 11.8 Å². The molecule has 0 spiro atoms. The first-order valence-corrected chi connectivity index (χ1v) is 7.27. The van der Waals surface area contributed by atoms with Gasteiger partial charge in [0.1, 0.15) is 6.10 Å². The first-order valence-electron chi connectivity index (χ1n) is 6.11. The zero-order valence-electron chi connectivity index (χ0n) is 10.5. The van der Waals surface area contributed by atoms with Crippen LogP contribution in [0.4, 0.5) is 0 Å². The van der Waals surface area contributed by atoms with Crippen molar-refractivity contribution in [3.63, 3.8) is 0 Å². The van der Waals surface area contributed by atoms with Crippen LogP contribution in [0.25, 0.3) is 11.5 Å². The maximum absolute atomic E-state index is 11.2. The van der Waals surface area contributed by atoms with Crippen molar-refractivity contribution in [2.45, 2.75) is 6.10 Å². The van der Waals surface area contributed by atoms with Crippen LogP contribution < -0.4 is 0 Å². The average molecular weight is 292 g/mol. The van der Waals surface area contributed by atoms with Gasteiger partial charge in [0.05, 0.1) is 17.7 Å². The van der Waals surface area contributed by atoms with E-state index in [0.717, 1.165) is 11.5 Å². The molecule has 0 amide bonds. The summed E-state index contributed by atoms with van der Waals surface area (Å²) in [6, 6.07) is 6.55. The highest BCUT2D eigenvalue weighted by Gasteiger charge is 2.24. The maximum Gasteiger partial charge on any atom is 0.336 e. The number of aromatic carboxylic acids is 1. The average Bonchev–Trinajstić information content (AvgIpc) is 2.98. The van der Waals surface area contributed by atoms with Crippen molar-refractivity contribution in [2.75, 3.05) is 18.1 Å². The molecule has 1 fully saturated rings. The molecule has 20 heavy (non-hydrogen) atoms. The molecular formula is C13H12N2O4S. The summed E-state index contributed by atoms with van der Waals surface area (Å²) in [6.45, 7) is 0.658. The van der Waals surface area contributed by atoms with Crippen molar-refractivity contribution in [1.82, 2.24) is 10.1 Å². The predicted octanol–water partition coefficient (Wildman–Crippen LogP) is 2.24. The van der Waals surface area contributed by atoms with Crippen LogP contribution in [0.2, 0.25) is 0 Å². The van der Waals surface area contributed by atoms with Gasteiger partial charge < -0.3 is 14.4 Å². The van der Waals surface area contributed by atoms with Crippen molar-refractivity contribution >= 4 is 17.7 Å². The summed E-state index contributed by atoms with van der Waals surface area (Å²) >= 11 is 1.77. The standard InChI is InChI=1S/C13H12N2O4S/c16-13(17)9-4-2-1-3-8(9)12-14-11(15-19-12)10-7-20-6-5-18-10/h1-4,10H,5-7H2,(H,16,17). The van der Waals surface area contributed by atoms with E-state index in [-0.39, 0.29) is 17.6 Å². The van der Waals surface area contributed by atoms with Gasteiger partial charge in [-0.2, -0.15) is 16.7 Å². The number of carboxylic acids is 1. The molecule has 1 unspecified atom stereocenters. The van der Waals surface area contributed by atoms with Crippen LogP contribution in [0, 0.1) is 0 Å². The molecule has 2 aromatic rings. The van der Waals surface area contributed by atoms with Gasteiger partial charge in [-0.1, -0.05) is 17.3 Å². The molecule has 1 saturated heterocycles. The quantitative estimate of drug-likeness (QED) is 0.928. The summed E-state index contributed by atoms with van der Waals surface area (Å²) in [4.78, 5) is 15.5. The lowest BCUT2D eigenvalue weighted by Crippen LogP contribution is -2.16. The van der Waals surface area contributed by atoms with Gasteiger partial charge in [0.25, 0.3) is 5.89 Å². The topological polar surface area (TPSA) is 85.5 Å². The largest absolute Gasteiger partial charge is 0.478 e. The molecule has 0 aliphatic carbocycles. The van der Waals surface area contributed by atoms with Crippen LogP contribution in [-0.4, -0.2) is 39.3 Å². The second kappa shape index (κ2) is 5.64. The molecule has 3 rings (SSSR count). The number of rotatable bonds is 3. The molecule has 104 valence electrons. The fourth-order valence-corrected chi connectivity index (χ4v) is 2.81. The molecule has 1 aliphatic heterocycles. The fourth-order valence-electron chi connectivity index (χ4n) is 1.97. The highest BCUT2D eigenvalue weighted by atomic mass is 32.2. The van der Waals surface area contributed by atoms with Crippen LogP contribution in [0.3, 0.4) is 0 Å². The third-order valence-electron chi connectivity index (χ3n) is 2.93. The molecule has 0 radical (unpaired) electrons. The molecule has 2 heterocycles. The molecule has 6 nitrogen and oxygen atoms in total. The number of benzene rings is 1. The summed E-state index contributed by atoms with van der Waals surface area (Å²) in [5.41, 5.74) is 0.559. The number of carbonyl (C=O) groups is 1. The Balaban J connectivity index is 1.92. The Labute approximate surface area is 119 Å². The lowest BCUT2D eigenvalue weighted by Gasteiger charge is -2.18. The summed E-state index contributed by atoms with van der Waals surface area (Å²) in [7, 11) is 0. The van der Waals surface area contributed by atoms with Crippen LogP contribution in [0.1, 0.15) is 22.3 Å². The lowest BCUT2D eigenvalue weighted by atomic mass is 10.1. The Kier molecular flexibility index (Phi) is 3.70. The van der Waals surface area contributed by atoms with Gasteiger partial charge in [0, 0.05) is 11.5 Å². The van der Waals surface area contributed by atoms with E-state index in [2.05, 4.69) is 10.1 Å². The third-order valence-corrected chi connectivity index (χ3v) is 3.93. The van der Waals surface area contributed by atoms with Crippen molar-refractivity contribution in [1.29, 1.82) is 0 Å². The van der Waals surface area contributed by atoms with Crippen molar-refractivity contribution in [3.8, 4) is 11.5 Å². The molecule has 7 heteroatoms. The Morgan fingerprint density at radius 2 is 2.25 bits per heavy atom. The Morgan fingerprint density at radius 3 is 3.00 bits per heavy atom. The van der Waals surface area contributed by atoms with E-state index in [1.807, 2.05) is 0 Å². The molecule has 1 N–H and O–H groups in total. The summed E-state index contributed by atoms with van der Waals surface area (Å²) in [5.74, 6) is 1.39. The number of hydrogen-bond donors (Lipinski definition) is 1. The van der Waals surface area contributed by atoms with E-state index >= 15 is 0 Å². The van der Waals surface area contributed by atoms with Gasteiger partial charge >= 0.3 is 5.97 Å². The molecule has 0 saturated carbocycles. The minimum Gasteiger partial charge on any atom is -0.478 e. The van der Waals surface area contributed by atoms with E-state index in [1.165, 1.54) is 6.07 Å². The monoisotopic (exact) mass is 292 g/mol.